The van der Waals surface area contributed by atoms with Crippen LogP contribution in [0.25, 0.3) is 22.3 Å². The Bertz CT molecular complexity index is 1500. The van der Waals surface area contributed by atoms with Gasteiger partial charge in [-0.2, -0.15) is 0 Å². The number of hydrogen-bond acceptors (Lipinski definition) is 1. The van der Waals surface area contributed by atoms with Crippen LogP contribution in [0.15, 0.2) is 130 Å². The number of halogens is 1. The minimum absolute atomic E-state index is 0.274. The normalized spacial score (nSPS) is 14.0. The highest BCUT2D eigenvalue weighted by Gasteiger charge is 2.51. The first-order chi connectivity index (χ1) is 16.3. The molecule has 5 aromatic carbocycles. The molecule has 0 N–H and O–H groups in total. The molecule has 0 unspecified atom stereocenters. The maximum absolute atomic E-state index is 3.72. The summed E-state index contributed by atoms with van der Waals surface area (Å²) in [5, 5.41) is 0. The molecule has 156 valence electrons. The molecule has 0 fully saturated rings. The van der Waals surface area contributed by atoms with Crippen LogP contribution < -0.4 is 0 Å². The van der Waals surface area contributed by atoms with E-state index in [1.54, 1.807) is 0 Å². The van der Waals surface area contributed by atoms with Crippen LogP contribution in [0, 0.1) is 0 Å². The summed E-state index contributed by atoms with van der Waals surface area (Å²) in [6.07, 6.45) is 0. The van der Waals surface area contributed by atoms with Crippen molar-refractivity contribution in [3.8, 4) is 22.3 Å². The van der Waals surface area contributed by atoms with Crippen molar-refractivity contribution in [3.63, 3.8) is 0 Å². The molecule has 2 aliphatic carbocycles. The van der Waals surface area contributed by atoms with Crippen molar-refractivity contribution >= 4 is 27.7 Å². The molecule has 0 saturated heterocycles. The fourth-order valence-electron chi connectivity index (χ4n) is 5.79. The Balaban J connectivity index is 1.54. The molecule has 0 bridgehead atoms. The van der Waals surface area contributed by atoms with Crippen molar-refractivity contribution in [2.75, 3.05) is 0 Å². The van der Waals surface area contributed by atoms with Crippen molar-refractivity contribution < 1.29 is 0 Å². The number of hydrogen-bond donors (Lipinski definition) is 0. The summed E-state index contributed by atoms with van der Waals surface area (Å²) in [7, 11) is 0. The molecule has 5 aromatic rings. The van der Waals surface area contributed by atoms with Crippen molar-refractivity contribution in [1.29, 1.82) is 0 Å². The van der Waals surface area contributed by atoms with Gasteiger partial charge in [0.05, 0.1) is 5.41 Å². The zero-order valence-electron chi connectivity index (χ0n) is 17.8. The molecule has 2 aliphatic rings. The van der Waals surface area contributed by atoms with Crippen LogP contribution >= 0.6 is 27.7 Å². The van der Waals surface area contributed by atoms with E-state index < -0.39 is 0 Å². The topological polar surface area (TPSA) is 0 Å². The van der Waals surface area contributed by atoms with Crippen molar-refractivity contribution in [1.82, 2.24) is 0 Å². The molecule has 0 aromatic heterocycles. The average molecular weight is 503 g/mol. The SMILES string of the molecule is Brc1ccccc1Sc1ccc2c(c1)C1(c3ccccc3-c3ccccc31)c1ccccc1-2. The van der Waals surface area contributed by atoms with Gasteiger partial charge in [-0.3, -0.25) is 0 Å². The highest BCUT2D eigenvalue weighted by atomic mass is 79.9. The largest absolute Gasteiger partial charge is 0.0889 e. The first-order valence-electron chi connectivity index (χ1n) is 11.1. The van der Waals surface area contributed by atoms with Crippen LogP contribution in [0.1, 0.15) is 22.3 Å². The molecule has 0 aliphatic heterocycles. The third kappa shape index (κ3) is 2.59. The fourth-order valence-corrected chi connectivity index (χ4v) is 7.20. The summed E-state index contributed by atoms with van der Waals surface area (Å²) in [6, 6.07) is 42.3. The van der Waals surface area contributed by atoms with E-state index in [0.717, 1.165) is 4.47 Å². The maximum Gasteiger partial charge on any atom is 0.0725 e. The van der Waals surface area contributed by atoms with Gasteiger partial charge in [-0.05, 0) is 84.7 Å². The molecular weight excluding hydrogens is 484 g/mol. The van der Waals surface area contributed by atoms with E-state index in [0.29, 0.717) is 0 Å². The Hall–Kier alpha value is -3.07. The van der Waals surface area contributed by atoms with Crippen molar-refractivity contribution in [3.05, 3.63) is 142 Å². The third-order valence-electron chi connectivity index (χ3n) is 7.03. The molecule has 0 radical (unpaired) electrons. The second kappa shape index (κ2) is 7.21. The van der Waals surface area contributed by atoms with Gasteiger partial charge >= 0.3 is 0 Å². The van der Waals surface area contributed by atoms with Gasteiger partial charge in [-0.1, -0.05) is 103 Å². The lowest BCUT2D eigenvalue weighted by atomic mass is 9.70. The van der Waals surface area contributed by atoms with Gasteiger partial charge in [0, 0.05) is 14.3 Å². The Morgan fingerprint density at radius 3 is 1.55 bits per heavy atom. The van der Waals surface area contributed by atoms with Gasteiger partial charge < -0.3 is 0 Å². The molecule has 0 nitrogen and oxygen atoms in total. The molecule has 0 heterocycles. The highest BCUT2D eigenvalue weighted by molar-refractivity contribution is 9.10. The summed E-state index contributed by atoms with van der Waals surface area (Å²) < 4.78 is 1.13. The smallest absolute Gasteiger partial charge is 0.0725 e. The van der Waals surface area contributed by atoms with Gasteiger partial charge in [0.2, 0.25) is 0 Å². The van der Waals surface area contributed by atoms with Crippen LogP contribution in [-0.4, -0.2) is 0 Å². The lowest BCUT2D eigenvalue weighted by molar-refractivity contribution is 0.791. The van der Waals surface area contributed by atoms with Crippen LogP contribution in [0.4, 0.5) is 0 Å². The van der Waals surface area contributed by atoms with Crippen LogP contribution in [0.3, 0.4) is 0 Å². The second-order valence-corrected chi connectivity index (χ2v) is 10.6. The Kier molecular flexibility index (Phi) is 4.24. The molecule has 0 saturated carbocycles. The molecule has 2 heteroatoms. The maximum atomic E-state index is 3.72. The van der Waals surface area contributed by atoms with E-state index in [-0.39, 0.29) is 5.41 Å². The van der Waals surface area contributed by atoms with Crippen LogP contribution in [0.2, 0.25) is 0 Å². The van der Waals surface area contributed by atoms with Gasteiger partial charge in [0.1, 0.15) is 0 Å². The molecule has 7 rings (SSSR count). The van der Waals surface area contributed by atoms with Crippen molar-refractivity contribution in [2.24, 2.45) is 0 Å². The Morgan fingerprint density at radius 1 is 0.485 bits per heavy atom. The molecular formula is C31H19BrS. The Labute approximate surface area is 206 Å². The minimum Gasteiger partial charge on any atom is -0.0889 e. The van der Waals surface area contributed by atoms with E-state index in [4.69, 9.17) is 0 Å². The first kappa shape index (κ1) is 19.4. The van der Waals surface area contributed by atoms with E-state index in [2.05, 4.69) is 131 Å². The van der Waals surface area contributed by atoms with Crippen LogP contribution in [0.5, 0.6) is 0 Å². The zero-order valence-corrected chi connectivity index (χ0v) is 20.2. The Morgan fingerprint density at radius 2 is 0.970 bits per heavy atom. The first-order valence-corrected chi connectivity index (χ1v) is 12.8. The van der Waals surface area contributed by atoms with Gasteiger partial charge in [-0.25, -0.2) is 0 Å². The highest BCUT2D eigenvalue weighted by Crippen LogP contribution is 2.63. The summed E-state index contributed by atoms with van der Waals surface area (Å²) in [5.74, 6) is 0. The van der Waals surface area contributed by atoms with E-state index in [9.17, 15) is 0 Å². The number of fused-ring (bicyclic) bond motifs is 10. The lowest BCUT2D eigenvalue weighted by Crippen LogP contribution is -2.25. The lowest BCUT2D eigenvalue weighted by Gasteiger charge is -2.30. The van der Waals surface area contributed by atoms with E-state index >= 15 is 0 Å². The average Bonchev–Trinajstić information content (AvgIpc) is 3.33. The molecule has 0 amide bonds. The van der Waals surface area contributed by atoms with Crippen molar-refractivity contribution in [2.45, 2.75) is 15.2 Å². The van der Waals surface area contributed by atoms with Gasteiger partial charge in [0.25, 0.3) is 0 Å². The number of benzene rings is 5. The minimum atomic E-state index is -0.274. The van der Waals surface area contributed by atoms with Gasteiger partial charge in [0.15, 0.2) is 0 Å². The van der Waals surface area contributed by atoms with Gasteiger partial charge in [-0.15, -0.1) is 0 Å². The third-order valence-corrected chi connectivity index (χ3v) is 9.05. The summed E-state index contributed by atoms with van der Waals surface area (Å²) in [6.45, 7) is 0. The predicted octanol–water partition coefficient (Wildman–Crippen LogP) is 8.94. The number of rotatable bonds is 2. The fraction of sp³-hybridized carbons (Fsp3) is 0.0323. The molecule has 1 spiro atoms. The summed E-state index contributed by atoms with van der Waals surface area (Å²) in [4.78, 5) is 2.49. The molecule has 33 heavy (non-hydrogen) atoms. The van der Waals surface area contributed by atoms with E-state index in [1.165, 1.54) is 54.3 Å². The quantitative estimate of drug-likeness (QED) is 0.227. The summed E-state index contributed by atoms with van der Waals surface area (Å²) in [5.41, 5.74) is 10.7. The van der Waals surface area contributed by atoms with E-state index in [1.807, 2.05) is 11.8 Å². The predicted molar refractivity (Wildman–Crippen MR) is 141 cm³/mol. The second-order valence-electron chi connectivity index (χ2n) is 8.63. The van der Waals surface area contributed by atoms with Crippen LogP contribution in [-0.2, 0) is 5.41 Å². The molecule has 0 atom stereocenters. The monoisotopic (exact) mass is 502 g/mol. The standard InChI is InChI=1S/C31H19BrS/c32-29-15-7-8-16-30(29)33-20-17-18-24-23-11-3-6-14-27(23)31(28(24)19-20)25-12-4-1-9-21(25)22-10-2-5-13-26(22)31/h1-19H. The zero-order chi connectivity index (χ0) is 22.0. The summed E-state index contributed by atoms with van der Waals surface area (Å²) >= 11 is 5.54.